The van der Waals surface area contributed by atoms with Crippen LogP contribution in [0.4, 0.5) is 0 Å². The van der Waals surface area contributed by atoms with Gasteiger partial charge in [-0.05, 0) is 43.4 Å². The number of carbonyl (C=O) groups excluding carboxylic acids is 1. The molecule has 0 bridgehead atoms. The van der Waals surface area contributed by atoms with Gasteiger partial charge in [-0.2, -0.15) is 0 Å². The molecule has 136 valence electrons. The predicted molar refractivity (Wildman–Crippen MR) is 90.1 cm³/mol. The van der Waals surface area contributed by atoms with Crippen molar-refractivity contribution in [3.05, 3.63) is 12.2 Å². The van der Waals surface area contributed by atoms with Crippen LogP contribution in [0, 0.1) is 23.2 Å². The minimum absolute atomic E-state index is 0.0105. The Kier molecular flexibility index (Phi) is 5.33. The number of carbonyl (C=O) groups is 1. The highest BCUT2D eigenvalue weighted by Crippen LogP contribution is 2.56. The molecule has 0 spiro atoms. The van der Waals surface area contributed by atoms with Gasteiger partial charge < -0.3 is 19.5 Å². The van der Waals surface area contributed by atoms with Crippen molar-refractivity contribution >= 4 is 5.97 Å². The number of esters is 1. The largest absolute Gasteiger partial charge is 0.462 e. The lowest BCUT2D eigenvalue weighted by Gasteiger charge is -2.49. The molecule has 0 unspecified atom stereocenters. The van der Waals surface area contributed by atoms with Crippen molar-refractivity contribution in [2.45, 2.75) is 51.4 Å². The molecule has 5 nitrogen and oxygen atoms in total. The third-order valence-electron chi connectivity index (χ3n) is 6.63. The highest BCUT2D eigenvalue weighted by atomic mass is 16.7. The highest BCUT2D eigenvalue weighted by Gasteiger charge is 2.55. The summed E-state index contributed by atoms with van der Waals surface area (Å²) in [6.07, 6.45) is 5.54. The van der Waals surface area contributed by atoms with Crippen molar-refractivity contribution in [1.82, 2.24) is 0 Å². The first-order valence-electron chi connectivity index (χ1n) is 9.24. The fraction of sp³-hybridized carbons (Fsp3) is 0.842. The number of hydrogen-bond donors (Lipinski definition) is 1. The SMILES string of the molecule is C=C1CCC[C@]2(C)C[C@H]3OC(=O)[C@H](C[NH2+]CC(OC)OC)[C@H]3C[C@@H]12. The molecule has 0 aromatic heterocycles. The van der Waals surface area contributed by atoms with Gasteiger partial charge in [-0.1, -0.05) is 19.1 Å². The van der Waals surface area contributed by atoms with E-state index in [9.17, 15) is 4.79 Å². The molecule has 3 fully saturated rings. The van der Waals surface area contributed by atoms with E-state index in [2.05, 4.69) is 18.8 Å². The molecule has 5 heteroatoms. The molecule has 24 heavy (non-hydrogen) atoms. The normalized spacial score (nSPS) is 38.8. The van der Waals surface area contributed by atoms with Crippen molar-refractivity contribution in [3.63, 3.8) is 0 Å². The number of quaternary nitrogens is 1. The molecule has 0 aromatic carbocycles. The first-order valence-corrected chi connectivity index (χ1v) is 9.24. The number of ether oxygens (including phenoxy) is 3. The van der Waals surface area contributed by atoms with E-state index in [1.54, 1.807) is 14.2 Å². The quantitative estimate of drug-likeness (QED) is 0.453. The molecule has 0 amide bonds. The smallest absolute Gasteiger partial charge is 0.315 e. The van der Waals surface area contributed by atoms with E-state index >= 15 is 0 Å². The van der Waals surface area contributed by atoms with E-state index in [0.717, 1.165) is 25.8 Å². The van der Waals surface area contributed by atoms with Gasteiger partial charge >= 0.3 is 5.97 Å². The first kappa shape index (κ1) is 17.9. The molecule has 5 atom stereocenters. The maximum absolute atomic E-state index is 12.4. The molecule has 3 rings (SSSR count). The summed E-state index contributed by atoms with van der Waals surface area (Å²) in [5.41, 5.74) is 1.66. The lowest BCUT2D eigenvalue weighted by atomic mass is 9.55. The van der Waals surface area contributed by atoms with Gasteiger partial charge in [0.2, 0.25) is 6.29 Å². The second-order valence-corrected chi connectivity index (χ2v) is 8.06. The Balaban J connectivity index is 1.64. The molecule has 1 saturated heterocycles. The molecule has 2 N–H and O–H groups in total. The number of methoxy groups -OCH3 is 2. The van der Waals surface area contributed by atoms with Crippen LogP contribution in [0.15, 0.2) is 12.2 Å². The molecule has 1 heterocycles. The molecule has 0 aromatic rings. The van der Waals surface area contributed by atoms with E-state index in [-0.39, 0.29) is 29.7 Å². The number of fused-ring (bicyclic) bond motifs is 2. The molecule has 1 aliphatic heterocycles. The van der Waals surface area contributed by atoms with Gasteiger partial charge in [0.15, 0.2) is 0 Å². The lowest BCUT2D eigenvalue weighted by Crippen LogP contribution is -2.88. The first-order chi connectivity index (χ1) is 11.5. The summed E-state index contributed by atoms with van der Waals surface area (Å²) >= 11 is 0. The third-order valence-corrected chi connectivity index (χ3v) is 6.63. The van der Waals surface area contributed by atoms with E-state index < -0.39 is 0 Å². The molecule has 0 radical (unpaired) electrons. The molecule has 2 aliphatic carbocycles. The summed E-state index contributed by atoms with van der Waals surface area (Å²) in [4.78, 5) is 12.4. The maximum Gasteiger partial charge on any atom is 0.315 e. The fourth-order valence-electron chi connectivity index (χ4n) is 5.23. The summed E-state index contributed by atoms with van der Waals surface area (Å²) in [6, 6.07) is 0. The van der Waals surface area contributed by atoms with Gasteiger partial charge in [-0.15, -0.1) is 0 Å². The van der Waals surface area contributed by atoms with Crippen LogP contribution in [0.5, 0.6) is 0 Å². The number of allylic oxidation sites excluding steroid dienone is 1. The van der Waals surface area contributed by atoms with Crippen LogP contribution in [-0.2, 0) is 19.0 Å². The molecular weight excluding hydrogens is 306 g/mol. The summed E-state index contributed by atoms with van der Waals surface area (Å²) in [5, 5.41) is 2.12. The highest BCUT2D eigenvalue weighted by molar-refractivity contribution is 5.75. The van der Waals surface area contributed by atoms with Crippen LogP contribution in [0.25, 0.3) is 0 Å². The lowest BCUT2D eigenvalue weighted by molar-refractivity contribution is -0.671. The summed E-state index contributed by atoms with van der Waals surface area (Å²) in [5.74, 6) is 0.865. The minimum Gasteiger partial charge on any atom is -0.462 e. The Morgan fingerprint density at radius 1 is 1.42 bits per heavy atom. The van der Waals surface area contributed by atoms with E-state index in [1.807, 2.05) is 0 Å². The van der Waals surface area contributed by atoms with Crippen molar-refractivity contribution in [2.24, 2.45) is 23.2 Å². The van der Waals surface area contributed by atoms with Crippen LogP contribution in [0.1, 0.15) is 39.0 Å². The van der Waals surface area contributed by atoms with Crippen molar-refractivity contribution < 1.29 is 24.3 Å². The zero-order chi connectivity index (χ0) is 17.3. The number of rotatable bonds is 6. The van der Waals surface area contributed by atoms with Gasteiger partial charge in [-0.25, -0.2) is 0 Å². The van der Waals surface area contributed by atoms with Crippen LogP contribution >= 0.6 is 0 Å². The van der Waals surface area contributed by atoms with Gasteiger partial charge in [0.25, 0.3) is 0 Å². The number of nitrogens with two attached hydrogens (primary N) is 1. The maximum atomic E-state index is 12.4. The second kappa shape index (κ2) is 7.14. The van der Waals surface area contributed by atoms with Crippen LogP contribution < -0.4 is 5.32 Å². The van der Waals surface area contributed by atoms with E-state index in [1.165, 1.54) is 18.4 Å². The average molecular weight is 338 g/mol. The fourth-order valence-corrected chi connectivity index (χ4v) is 5.23. The third kappa shape index (κ3) is 3.26. The Labute approximate surface area is 145 Å². The van der Waals surface area contributed by atoms with Crippen LogP contribution in [0.3, 0.4) is 0 Å². The summed E-state index contributed by atoms with van der Waals surface area (Å²) < 4.78 is 16.2. The minimum atomic E-state index is -0.231. The number of hydrogen-bond acceptors (Lipinski definition) is 4. The Morgan fingerprint density at radius 2 is 2.17 bits per heavy atom. The summed E-state index contributed by atoms with van der Waals surface area (Å²) in [7, 11) is 3.27. The second-order valence-electron chi connectivity index (χ2n) is 8.06. The van der Waals surface area contributed by atoms with E-state index in [4.69, 9.17) is 14.2 Å². The van der Waals surface area contributed by atoms with E-state index in [0.29, 0.717) is 18.4 Å². The van der Waals surface area contributed by atoms with Crippen molar-refractivity contribution in [2.75, 3.05) is 27.3 Å². The molecule has 2 saturated carbocycles. The van der Waals surface area contributed by atoms with Gasteiger partial charge in [0, 0.05) is 20.1 Å². The van der Waals surface area contributed by atoms with Gasteiger partial charge in [0.1, 0.15) is 18.6 Å². The Bertz CT molecular complexity index is 490. The Hall–Kier alpha value is -0.910. The predicted octanol–water partition coefficient (Wildman–Crippen LogP) is 1.48. The monoisotopic (exact) mass is 338 g/mol. The van der Waals surface area contributed by atoms with Gasteiger partial charge in [0.05, 0.1) is 6.54 Å². The van der Waals surface area contributed by atoms with Gasteiger partial charge in [-0.3, -0.25) is 4.79 Å². The zero-order valence-electron chi connectivity index (χ0n) is 15.3. The summed E-state index contributed by atoms with van der Waals surface area (Å²) in [6.45, 7) is 8.16. The van der Waals surface area contributed by atoms with Crippen LogP contribution in [0.2, 0.25) is 0 Å². The Morgan fingerprint density at radius 3 is 2.88 bits per heavy atom. The van der Waals surface area contributed by atoms with Crippen molar-refractivity contribution in [1.29, 1.82) is 0 Å². The zero-order valence-corrected chi connectivity index (χ0v) is 15.3. The standard InChI is InChI=1S/C19H31NO4/c1-12-6-5-7-19(2)9-16-13(8-15(12)19)14(18(21)24-16)10-20-11-17(22-3)23-4/h13-17,20H,1,5-11H2,2-4H3/p+1/t13-,14-,15+,16-,19-/m1/s1. The molecule has 3 aliphatic rings. The molecular formula is C19H32NO4+. The average Bonchev–Trinajstić information content (AvgIpc) is 2.84. The topological polar surface area (TPSA) is 61.4 Å². The van der Waals surface area contributed by atoms with Crippen LogP contribution in [-0.4, -0.2) is 45.7 Å². The van der Waals surface area contributed by atoms with Crippen molar-refractivity contribution in [3.8, 4) is 0 Å².